The predicted molar refractivity (Wildman–Crippen MR) is 96.0 cm³/mol. The molecule has 1 heterocycles. The van der Waals surface area contributed by atoms with Crippen LogP contribution in [0.3, 0.4) is 0 Å². The Balaban J connectivity index is 1.77. The van der Waals surface area contributed by atoms with E-state index in [1.165, 1.54) is 5.56 Å². The maximum absolute atomic E-state index is 12.1. The summed E-state index contributed by atoms with van der Waals surface area (Å²) in [6.07, 6.45) is 2.66. The van der Waals surface area contributed by atoms with Gasteiger partial charge in [0.05, 0.1) is 0 Å². The van der Waals surface area contributed by atoms with Gasteiger partial charge in [-0.25, -0.2) is 4.79 Å². The smallest absolute Gasteiger partial charge is 0.315 e. The first-order valence-electron chi connectivity index (χ1n) is 8.23. The average molecular weight is 338 g/mol. The fraction of sp³-hybridized carbons (Fsp3) is 0.611. The van der Waals surface area contributed by atoms with Crippen LogP contribution in [0.4, 0.5) is 4.79 Å². The van der Waals surface area contributed by atoms with Gasteiger partial charge in [0.1, 0.15) is 0 Å². The van der Waals surface area contributed by atoms with Crippen molar-refractivity contribution in [2.75, 3.05) is 6.54 Å². The van der Waals surface area contributed by atoms with Crippen molar-refractivity contribution in [3.05, 3.63) is 34.9 Å². The van der Waals surface area contributed by atoms with Crippen LogP contribution in [0.2, 0.25) is 5.02 Å². The Morgan fingerprint density at radius 3 is 2.30 bits per heavy atom. The molecule has 1 aromatic rings. The molecule has 0 bridgehead atoms. The van der Waals surface area contributed by atoms with Gasteiger partial charge >= 0.3 is 6.03 Å². The molecule has 0 saturated carbocycles. The van der Waals surface area contributed by atoms with E-state index in [1.54, 1.807) is 0 Å². The molecule has 1 saturated heterocycles. The summed E-state index contributed by atoms with van der Waals surface area (Å²) in [5.74, 6) is 0. The van der Waals surface area contributed by atoms with Crippen LogP contribution < -0.4 is 16.0 Å². The third-order valence-corrected chi connectivity index (χ3v) is 4.39. The summed E-state index contributed by atoms with van der Waals surface area (Å²) in [6.45, 7) is 9.34. The predicted octanol–water partition coefficient (Wildman–Crippen LogP) is 3.49. The second-order valence-electron chi connectivity index (χ2n) is 7.77. The van der Waals surface area contributed by atoms with Crippen LogP contribution in [0.1, 0.15) is 46.1 Å². The number of carbonyl (C=O) groups is 1. The zero-order valence-corrected chi connectivity index (χ0v) is 15.3. The Bertz CT molecular complexity index is 524. The Morgan fingerprint density at radius 1 is 1.17 bits per heavy atom. The van der Waals surface area contributed by atoms with Crippen LogP contribution in [0.5, 0.6) is 0 Å². The van der Waals surface area contributed by atoms with Crippen LogP contribution >= 0.6 is 11.6 Å². The van der Waals surface area contributed by atoms with Gasteiger partial charge in [0.25, 0.3) is 0 Å². The van der Waals surface area contributed by atoms with E-state index in [4.69, 9.17) is 11.6 Å². The monoisotopic (exact) mass is 337 g/mol. The molecule has 128 valence electrons. The number of hydrogen-bond acceptors (Lipinski definition) is 2. The third-order valence-electron chi connectivity index (χ3n) is 4.14. The lowest BCUT2D eigenvalue weighted by Crippen LogP contribution is -2.62. The Hall–Kier alpha value is -1.26. The van der Waals surface area contributed by atoms with Gasteiger partial charge in [0.15, 0.2) is 0 Å². The van der Waals surface area contributed by atoms with Crippen LogP contribution in [0.15, 0.2) is 24.3 Å². The molecule has 0 unspecified atom stereocenters. The molecule has 2 rings (SSSR count). The van der Waals surface area contributed by atoms with E-state index >= 15 is 0 Å². The molecule has 1 aliphatic heterocycles. The maximum atomic E-state index is 12.1. The van der Waals surface area contributed by atoms with E-state index in [1.807, 2.05) is 24.3 Å². The van der Waals surface area contributed by atoms with Gasteiger partial charge in [0.2, 0.25) is 0 Å². The summed E-state index contributed by atoms with van der Waals surface area (Å²) in [4.78, 5) is 12.1. The van der Waals surface area contributed by atoms with E-state index < -0.39 is 0 Å². The lowest BCUT2D eigenvalue weighted by molar-refractivity contribution is 0.147. The average Bonchev–Trinajstić information content (AvgIpc) is 2.37. The van der Waals surface area contributed by atoms with Gasteiger partial charge < -0.3 is 16.0 Å². The van der Waals surface area contributed by atoms with Crippen molar-refractivity contribution in [2.45, 2.75) is 64.1 Å². The summed E-state index contributed by atoms with van der Waals surface area (Å²) in [5, 5.41) is 10.4. The molecule has 3 N–H and O–H groups in total. The van der Waals surface area contributed by atoms with Crippen LogP contribution in [-0.4, -0.2) is 29.7 Å². The summed E-state index contributed by atoms with van der Waals surface area (Å²) < 4.78 is 0. The summed E-state index contributed by atoms with van der Waals surface area (Å²) in [7, 11) is 0. The van der Waals surface area contributed by atoms with E-state index in [-0.39, 0.29) is 23.2 Å². The molecule has 0 aromatic heterocycles. The minimum absolute atomic E-state index is 0.0308. The van der Waals surface area contributed by atoms with Crippen LogP contribution in [0, 0.1) is 0 Å². The van der Waals surface area contributed by atoms with Crippen LogP contribution in [0.25, 0.3) is 0 Å². The van der Waals surface area contributed by atoms with Gasteiger partial charge in [-0.2, -0.15) is 0 Å². The maximum Gasteiger partial charge on any atom is 0.315 e. The first-order valence-corrected chi connectivity index (χ1v) is 8.61. The molecular formula is C18H28ClN3O. The first-order chi connectivity index (χ1) is 10.7. The highest BCUT2D eigenvalue weighted by molar-refractivity contribution is 6.30. The Labute approximate surface area is 144 Å². The highest BCUT2D eigenvalue weighted by Gasteiger charge is 2.38. The SMILES string of the molecule is CC1(C)CC(NC(=O)NCCc2ccc(Cl)cc2)CC(C)(C)N1. The molecule has 0 radical (unpaired) electrons. The molecule has 4 nitrogen and oxygen atoms in total. The molecule has 0 atom stereocenters. The second-order valence-corrected chi connectivity index (χ2v) is 8.21. The lowest BCUT2D eigenvalue weighted by atomic mass is 9.80. The summed E-state index contributed by atoms with van der Waals surface area (Å²) in [5.41, 5.74) is 1.23. The molecule has 2 amide bonds. The van der Waals surface area contributed by atoms with Gasteiger partial charge in [0, 0.05) is 28.7 Å². The molecule has 0 aliphatic carbocycles. The number of carbonyl (C=O) groups excluding carboxylic acids is 1. The van der Waals surface area contributed by atoms with Gasteiger partial charge in [-0.15, -0.1) is 0 Å². The quantitative estimate of drug-likeness (QED) is 0.787. The topological polar surface area (TPSA) is 53.2 Å². The fourth-order valence-corrected chi connectivity index (χ4v) is 3.76. The van der Waals surface area contributed by atoms with Gasteiger partial charge in [-0.1, -0.05) is 23.7 Å². The van der Waals surface area contributed by atoms with Crippen molar-refractivity contribution >= 4 is 17.6 Å². The molecule has 0 spiro atoms. The van der Waals surface area contributed by atoms with Crippen molar-refractivity contribution in [3.63, 3.8) is 0 Å². The number of rotatable bonds is 4. The van der Waals surface area contributed by atoms with Gasteiger partial charge in [-0.05, 0) is 64.7 Å². The largest absolute Gasteiger partial charge is 0.338 e. The summed E-state index contributed by atoms with van der Waals surface area (Å²) >= 11 is 5.87. The summed E-state index contributed by atoms with van der Waals surface area (Å²) in [6, 6.07) is 7.82. The molecule has 1 aromatic carbocycles. The normalized spacial score (nSPS) is 20.0. The van der Waals surface area contributed by atoms with E-state index in [0.29, 0.717) is 6.54 Å². The van der Waals surface area contributed by atoms with E-state index in [9.17, 15) is 4.79 Å². The first kappa shape index (κ1) is 18.1. The van der Waals surface area contributed by atoms with Crippen LogP contribution in [-0.2, 0) is 6.42 Å². The number of benzene rings is 1. The van der Waals surface area contributed by atoms with E-state index in [0.717, 1.165) is 24.3 Å². The lowest BCUT2D eigenvalue weighted by Gasteiger charge is -2.46. The molecule has 1 aliphatic rings. The van der Waals surface area contributed by atoms with Crippen molar-refractivity contribution in [2.24, 2.45) is 0 Å². The minimum atomic E-state index is -0.0857. The number of piperidine rings is 1. The Morgan fingerprint density at radius 2 is 1.74 bits per heavy atom. The number of nitrogens with one attached hydrogen (secondary N) is 3. The standard InChI is InChI=1S/C18H28ClN3O/c1-17(2)11-15(12-18(3,4)22-17)21-16(23)20-10-9-13-5-7-14(19)8-6-13/h5-8,15,22H,9-12H2,1-4H3,(H2,20,21,23). The Kier molecular flexibility index (Phi) is 5.58. The molecule has 1 fully saturated rings. The van der Waals surface area contributed by atoms with Gasteiger partial charge in [-0.3, -0.25) is 0 Å². The highest BCUT2D eigenvalue weighted by atomic mass is 35.5. The molecular weight excluding hydrogens is 310 g/mol. The van der Waals surface area contributed by atoms with Crippen molar-refractivity contribution in [3.8, 4) is 0 Å². The minimum Gasteiger partial charge on any atom is -0.338 e. The zero-order chi connectivity index (χ0) is 17.1. The molecule has 5 heteroatoms. The second kappa shape index (κ2) is 7.10. The third kappa shape index (κ3) is 6.04. The van der Waals surface area contributed by atoms with Crippen molar-refractivity contribution < 1.29 is 4.79 Å². The van der Waals surface area contributed by atoms with Crippen molar-refractivity contribution in [1.29, 1.82) is 0 Å². The number of urea groups is 1. The number of hydrogen-bond donors (Lipinski definition) is 3. The van der Waals surface area contributed by atoms with Crippen molar-refractivity contribution in [1.82, 2.24) is 16.0 Å². The highest BCUT2D eigenvalue weighted by Crippen LogP contribution is 2.28. The zero-order valence-electron chi connectivity index (χ0n) is 14.5. The number of halogens is 1. The number of amides is 2. The fourth-order valence-electron chi connectivity index (χ4n) is 3.63. The molecule has 23 heavy (non-hydrogen) atoms. The van der Waals surface area contributed by atoms with E-state index in [2.05, 4.69) is 43.6 Å².